The third kappa shape index (κ3) is 5.61. The average molecular weight is 823 g/mol. The Bertz CT molecular complexity index is 3340. The van der Waals surface area contributed by atoms with E-state index in [9.17, 15) is 0 Å². The lowest BCUT2D eigenvalue weighted by Gasteiger charge is -2.43. The molecule has 2 nitrogen and oxygen atoms in total. The van der Waals surface area contributed by atoms with Gasteiger partial charge in [0.05, 0.1) is 11.2 Å². The topological polar surface area (TPSA) is 19.0 Å². The minimum absolute atomic E-state index is 0.0841. The largest absolute Gasteiger partial charge is 0.354 e. The van der Waals surface area contributed by atoms with Crippen molar-refractivity contribution in [1.29, 1.82) is 0 Å². The molecule has 0 fully saturated rings. The molecule has 0 radical (unpaired) electrons. The van der Waals surface area contributed by atoms with Crippen molar-refractivity contribution in [3.8, 4) is 22.3 Å². The highest BCUT2D eigenvalue weighted by atomic mass is 32.1. The molecule has 2 aromatic heterocycles. The van der Waals surface area contributed by atoms with E-state index in [-0.39, 0.29) is 21.7 Å². The predicted octanol–water partition coefficient (Wildman–Crippen LogP) is 14.9. The molecule has 0 saturated carbocycles. The molecule has 62 heavy (non-hydrogen) atoms. The monoisotopic (exact) mass is 822 g/mol. The number of thiophene rings is 1. The van der Waals surface area contributed by atoms with Gasteiger partial charge in [0.2, 0.25) is 7.28 Å². The van der Waals surface area contributed by atoms with Gasteiger partial charge in [-0.1, -0.05) is 134 Å². The van der Waals surface area contributed by atoms with Crippen LogP contribution < -0.4 is 15.1 Å². The van der Waals surface area contributed by atoms with E-state index in [1.165, 1.54) is 140 Å². The number of rotatable bonds is 3. The first-order valence-corrected chi connectivity index (χ1v) is 23.7. The first-order valence-electron chi connectivity index (χ1n) is 22.9. The van der Waals surface area contributed by atoms with Crippen molar-refractivity contribution in [2.75, 3.05) is 4.90 Å². The molecule has 0 unspecified atom stereocenters. The van der Waals surface area contributed by atoms with Gasteiger partial charge in [-0.2, -0.15) is 0 Å². The molecule has 7 aromatic carbocycles. The smallest absolute Gasteiger partial charge is 0.211 e. The minimum atomic E-state index is 0.0841. The van der Waals surface area contributed by atoms with Crippen molar-refractivity contribution in [1.82, 2.24) is 4.98 Å². The number of H-pyrrole nitrogens is 1. The lowest BCUT2D eigenvalue weighted by atomic mass is 9.61. The predicted molar refractivity (Wildman–Crippen MR) is 271 cm³/mol. The fourth-order valence-electron chi connectivity index (χ4n) is 11.7. The fraction of sp³-hybridized carbons (Fsp3) is 0.276. The van der Waals surface area contributed by atoms with Crippen molar-refractivity contribution < 1.29 is 0 Å². The number of benzene rings is 7. The maximum absolute atomic E-state index is 3.97. The van der Waals surface area contributed by atoms with Gasteiger partial charge in [-0.25, -0.2) is 0 Å². The fourth-order valence-corrected chi connectivity index (χ4v) is 13.0. The first kappa shape index (κ1) is 38.1. The summed E-state index contributed by atoms with van der Waals surface area (Å²) in [6.45, 7) is 19.7. The van der Waals surface area contributed by atoms with Gasteiger partial charge in [0, 0.05) is 43.3 Å². The number of aromatic nitrogens is 1. The molecule has 3 aliphatic rings. The van der Waals surface area contributed by atoms with E-state index in [0.29, 0.717) is 0 Å². The van der Waals surface area contributed by atoms with E-state index in [1.807, 2.05) is 11.3 Å². The van der Waals surface area contributed by atoms with Crippen LogP contribution in [0.25, 0.3) is 64.9 Å². The molecular formula is C58H55BN2S. The van der Waals surface area contributed by atoms with Crippen LogP contribution in [0, 0.1) is 0 Å². The minimum Gasteiger partial charge on any atom is -0.354 e. The molecule has 0 atom stereocenters. The number of hydrogen-bond acceptors (Lipinski definition) is 2. The molecule has 1 N–H and O–H groups in total. The van der Waals surface area contributed by atoms with Crippen molar-refractivity contribution in [3.63, 3.8) is 0 Å². The number of anilines is 3. The van der Waals surface area contributed by atoms with Crippen LogP contribution >= 0.6 is 11.3 Å². The van der Waals surface area contributed by atoms with Gasteiger partial charge < -0.3 is 9.88 Å². The quantitative estimate of drug-likeness (QED) is 0.176. The summed E-state index contributed by atoms with van der Waals surface area (Å²) >= 11 is 2.03. The van der Waals surface area contributed by atoms with Gasteiger partial charge in [0.1, 0.15) is 0 Å². The van der Waals surface area contributed by atoms with Crippen LogP contribution in [0.1, 0.15) is 103 Å². The van der Waals surface area contributed by atoms with E-state index in [1.54, 1.807) is 0 Å². The molecule has 2 aliphatic carbocycles. The second kappa shape index (κ2) is 13.0. The Kier molecular flexibility index (Phi) is 7.99. The van der Waals surface area contributed by atoms with Crippen LogP contribution in [0.4, 0.5) is 17.1 Å². The maximum atomic E-state index is 3.97. The SMILES string of the molecule is CC1(C)CCC(C)(C)c2cc(N3c4cc(-c5ccccc5)cc(-c5cccc6c5[nH]c5cc7ccccc7cc56)c4Bc4sc5cc6c(cc5c43)C(C)(C)CCC6(C)C)ccc21. The number of para-hydroxylation sites is 1. The van der Waals surface area contributed by atoms with Gasteiger partial charge in [-0.3, -0.25) is 0 Å². The highest BCUT2D eigenvalue weighted by molar-refractivity contribution is 7.29. The highest BCUT2D eigenvalue weighted by Gasteiger charge is 2.41. The van der Waals surface area contributed by atoms with Gasteiger partial charge in [0.15, 0.2) is 0 Å². The Balaban J connectivity index is 1.18. The molecule has 0 spiro atoms. The van der Waals surface area contributed by atoms with Crippen molar-refractivity contribution in [2.24, 2.45) is 0 Å². The number of hydrogen-bond donors (Lipinski definition) is 1. The molecule has 1 aliphatic heterocycles. The van der Waals surface area contributed by atoms with E-state index in [0.717, 1.165) is 7.28 Å². The Hall–Kier alpha value is -5.58. The van der Waals surface area contributed by atoms with Crippen LogP contribution in [0.15, 0.2) is 127 Å². The zero-order valence-electron chi connectivity index (χ0n) is 37.5. The summed E-state index contributed by atoms with van der Waals surface area (Å²) in [5.41, 5.74) is 19.3. The van der Waals surface area contributed by atoms with Gasteiger partial charge in [-0.15, -0.1) is 11.3 Å². The second-order valence-corrected chi connectivity index (χ2v) is 22.7. The van der Waals surface area contributed by atoms with Crippen molar-refractivity contribution in [2.45, 2.75) is 103 Å². The molecule has 0 amide bonds. The van der Waals surface area contributed by atoms with Gasteiger partial charge in [0.25, 0.3) is 0 Å². The van der Waals surface area contributed by atoms with Gasteiger partial charge >= 0.3 is 0 Å². The lowest BCUT2D eigenvalue weighted by Crippen LogP contribution is -2.40. The standard InChI is InChI=1S/C58H55BN2S/c1-55(2)23-24-56(3,4)45-31-38(21-22-44(45)55)61-49-30-37(34-15-10-9-11-16-34)28-42(40-20-14-19-39-41-27-35-17-12-13-18-36(35)29-48(41)60-52(39)40)51(49)59-54-53(61)43-32-46-47(33-50(43)62-54)58(7,8)26-25-57(46,5)6/h9-22,27-33,59-60H,23-26H2,1-8H3. The Labute approximate surface area is 371 Å². The summed E-state index contributed by atoms with van der Waals surface area (Å²) in [5, 5.41) is 6.47. The number of aromatic amines is 1. The summed E-state index contributed by atoms with van der Waals surface area (Å²) in [4.78, 5) is 6.67. The first-order chi connectivity index (χ1) is 29.7. The number of nitrogens with one attached hydrogen (secondary N) is 1. The van der Waals surface area contributed by atoms with E-state index >= 15 is 0 Å². The van der Waals surface area contributed by atoms with Crippen LogP contribution in [0.2, 0.25) is 0 Å². The molecule has 9 aromatic rings. The van der Waals surface area contributed by atoms with Crippen LogP contribution in [0.3, 0.4) is 0 Å². The summed E-state index contributed by atoms with van der Waals surface area (Å²) < 4.78 is 2.86. The molecule has 306 valence electrons. The third-order valence-corrected chi connectivity index (χ3v) is 16.9. The number of nitrogens with zero attached hydrogens (tertiary/aromatic N) is 1. The van der Waals surface area contributed by atoms with Crippen LogP contribution in [-0.4, -0.2) is 12.3 Å². The lowest BCUT2D eigenvalue weighted by molar-refractivity contribution is 0.332. The summed E-state index contributed by atoms with van der Waals surface area (Å²) in [7, 11) is 0.881. The van der Waals surface area contributed by atoms with Gasteiger partial charge in [-0.05, 0) is 156 Å². The molecule has 0 bridgehead atoms. The van der Waals surface area contributed by atoms with Crippen molar-refractivity contribution >= 4 is 88.6 Å². The maximum Gasteiger partial charge on any atom is 0.211 e. The molecule has 3 heterocycles. The zero-order valence-corrected chi connectivity index (χ0v) is 38.3. The number of fused-ring (bicyclic) bond motifs is 10. The highest BCUT2D eigenvalue weighted by Crippen LogP contribution is 2.53. The van der Waals surface area contributed by atoms with Crippen LogP contribution in [-0.2, 0) is 21.7 Å². The third-order valence-electron chi connectivity index (χ3n) is 15.7. The van der Waals surface area contributed by atoms with Crippen LogP contribution in [0.5, 0.6) is 0 Å². The van der Waals surface area contributed by atoms with Crippen molar-refractivity contribution in [3.05, 3.63) is 150 Å². The molecule has 4 heteroatoms. The van der Waals surface area contributed by atoms with E-state index in [4.69, 9.17) is 0 Å². The molecule has 12 rings (SSSR count). The van der Waals surface area contributed by atoms with E-state index < -0.39 is 0 Å². The Morgan fingerprint density at radius 2 is 1.16 bits per heavy atom. The molecular weight excluding hydrogens is 768 g/mol. The summed E-state index contributed by atoms with van der Waals surface area (Å²) in [6.07, 6.45) is 4.80. The summed E-state index contributed by atoms with van der Waals surface area (Å²) in [5.74, 6) is 0. The second-order valence-electron chi connectivity index (χ2n) is 21.5. The Morgan fingerprint density at radius 1 is 0.516 bits per heavy atom. The Morgan fingerprint density at radius 3 is 1.89 bits per heavy atom. The van der Waals surface area contributed by atoms with E-state index in [2.05, 4.69) is 193 Å². The molecule has 0 saturated heterocycles. The zero-order chi connectivity index (χ0) is 42.5. The summed E-state index contributed by atoms with van der Waals surface area (Å²) in [6, 6.07) is 49.2. The average Bonchev–Trinajstić information content (AvgIpc) is 3.82. The normalized spacial score (nSPS) is 18.0.